The van der Waals surface area contributed by atoms with Crippen molar-refractivity contribution >= 4 is 5.91 Å². The Balaban J connectivity index is 1.49. The largest absolute Gasteiger partial charge is 0.484 e. The molecule has 0 aliphatic carbocycles. The van der Waals surface area contributed by atoms with Crippen LogP contribution in [0.25, 0.3) is 5.69 Å². The highest BCUT2D eigenvalue weighted by Crippen LogP contribution is 2.25. The Morgan fingerprint density at radius 2 is 1.93 bits per heavy atom. The Kier molecular flexibility index (Phi) is 5.54. The van der Waals surface area contributed by atoms with Crippen molar-refractivity contribution in [3.63, 3.8) is 0 Å². The average Bonchev–Trinajstić information content (AvgIpc) is 3.19. The highest BCUT2D eigenvalue weighted by molar-refractivity contribution is 5.77. The van der Waals surface area contributed by atoms with E-state index in [0.29, 0.717) is 12.3 Å². The molecule has 0 radical (unpaired) electrons. The van der Waals surface area contributed by atoms with E-state index in [2.05, 4.69) is 42.2 Å². The van der Waals surface area contributed by atoms with Crippen molar-refractivity contribution in [3.05, 3.63) is 72.3 Å². The summed E-state index contributed by atoms with van der Waals surface area (Å²) in [6.45, 7) is 6.87. The second-order valence-corrected chi connectivity index (χ2v) is 7.35. The lowest BCUT2D eigenvalue weighted by molar-refractivity contribution is -0.123. The van der Waals surface area contributed by atoms with Crippen molar-refractivity contribution in [3.8, 4) is 11.4 Å². The molecule has 1 aromatic heterocycles. The molecule has 1 heterocycles. The normalized spacial score (nSPS) is 11.2. The minimum atomic E-state index is -0.156. The lowest BCUT2D eigenvalue weighted by atomic mass is 9.87. The van der Waals surface area contributed by atoms with Gasteiger partial charge in [-0.25, -0.2) is 9.67 Å². The topological polar surface area (TPSA) is 69.0 Å². The van der Waals surface area contributed by atoms with Gasteiger partial charge in [0.25, 0.3) is 5.91 Å². The molecule has 27 heavy (non-hydrogen) atoms. The number of amides is 1. The molecule has 0 unspecified atom stereocenters. The van der Waals surface area contributed by atoms with Crippen LogP contribution in [0.15, 0.2) is 61.2 Å². The first-order valence-electron chi connectivity index (χ1n) is 8.86. The fourth-order valence-electron chi connectivity index (χ4n) is 2.56. The van der Waals surface area contributed by atoms with Gasteiger partial charge in [-0.15, -0.1) is 0 Å². The first-order chi connectivity index (χ1) is 12.9. The fourth-order valence-corrected chi connectivity index (χ4v) is 2.56. The van der Waals surface area contributed by atoms with Crippen molar-refractivity contribution in [1.29, 1.82) is 0 Å². The Hall–Kier alpha value is -3.15. The number of hydrogen-bond acceptors (Lipinski definition) is 4. The molecule has 3 rings (SSSR count). The van der Waals surface area contributed by atoms with Crippen molar-refractivity contribution < 1.29 is 9.53 Å². The molecule has 6 heteroatoms. The van der Waals surface area contributed by atoms with E-state index >= 15 is 0 Å². The van der Waals surface area contributed by atoms with E-state index in [0.717, 1.165) is 11.3 Å². The molecule has 0 bridgehead atoms. The number of benzene rings is 2. The van der Waals surface area contributed by atoms with Crippen LogP contribution in [0.2, 0.25) is 0 Å². The molecule has 0 saturated carbocycles. The Morgan fingerprint density at radius 3 is 2.59 bits per heavy atom. The van der Waals surface area contributed by atoms with Gasteiger partial charge in [0.2, 0.25) is 0 Å². The summed E-state index contributed by atoms with van der Waals surface area (Å²) < 4.78 is 7.31. The Morgan fingerprint density at radius 1 is 1.15 bits per heavy atom. The van der Waals surface area contributed by atoms with Gasteiger partial charge >= 0.3 is 0 Å². The quantitative estimate of drug-likeness (QED) is 0.729. The average molecular weight is 364 g/mol. The maximum atomic E-state index is 12.1. The molecular formula is C21H24N4O2. The monoisotopic (exact) mass is 364 g/mol. The Labute approximate surface area is 159 Å². The molecule has 0 aliphatic rings. The molecule has 0 saturated heterocycles. The number of ether oxygens (including phenoxy) is 1. The zero-order chi connectivity index (χ0) is 19.3. The highest BCUT2D eigenvalue weighted by Gasteiger charge is 2.14. The maximum Gasteiger partial charge on any atom is 0.258 e. The zero-order valence-electron chi connectivity index (χ0n) is 15.8. The molecule has 6 nitrogen and oxygen atoms in total. The highest BCUT2D eigenvalue weighted by atomic mass is 16.5. The van der Waals surface area contributed by atoms with Crippen LogP contribution in [0.3, 0.4) is 0 Å². The second-order valence-electron chi connectivity index (χ2n) is 7.35. The number of rotatable bonds is 6. The number of nitrogens with zero attached hydrogens (tertiary/aromatic N) is 3. The van der Waals surface area contributed by atoms with E-state index in [1.807, 2.05) is 42.5 Å². The summed E-state index contributed by atoms with van der Waals surface area (Å²) in [5.74, 6) is 0.547. The predicted molar refractivity (Wildman–Crippen MR) is 104 cm³/mol. The SMILES string of the molecule is CC(C)(C)c1cccc(OCC(=O)NCc2ccc(-n3cncn3)cc2)c1. The van der Waals surface area contributed by atoms with Gasteiger partial charge in [-0.05, 0) is 40.8 Å². The lowest BCUT2D eigenvalue weighted by Crippen LogP contribution is -2.28. The summed E-state index contributed by atoms with van der Waals surface area (Å²) in [7, 11) is 0. The van der Waals surface area contributed by atoms with Gasteiger partial charge in [0.15, 0.2) is 6.61 Å². The van der Waals surface area contributed by atoms with Crippen molar-refractivity contribution in [1.82, 2.24) is 20.1 Å². The minimum absolute atomic E-state index is 0.00929. The minimum Gasteiger partial charge on any atom is -0.484 e. The van der Waals surface area contributed by atoms with Crippen LogP contribution in [-0.4, -0.2) is 27.3 Å². The van der Waals surface area contributed by atoms with Crippen LogP contribution in [0.5, 0.6) is 5.75 Å². The van der Waals surface area contributed by atoms with Crippen LogP contribution >= 0.6 is 0 Å². The van der Waals surface area contributed by atoms with Gasteiger partial charge in [-0.2, -0.15) is 5.10 Å². The van der Waals surface area contributed by atoms with Gasteiger partial charge in [0.05, 0.1) is 5.69 Å². The maximum absolute atomic E-state index is 12.1. The van der Waals surface area contributed by atoms with Crippen LogP contribution in [0.1, 0.15) is 31.9 Å². The molecule has 2 aromatic carbocycles. The molecule has 0 spiro atoms. The molecular weight excluding hydrogens is 340 g/mol. The number of hydrogen-bond donors (Lipinski definition) is 1. The van der Waals surface area contributed by atoms with E-state index in [9.17, 15) is 4.79 Å². The molecule has 1 amide bonds. The first-order valence-corrected chi connectivity index (χ1v) is 8.86. The molecule has 0 fully saturated rings. The molecule has 0 aliphatic heterocycles. The van der Waals surface area contributed by atoms with Gasteiger partial charge < -0.3 is 10.1 Å². The summed E-state index contributed by atoms with van der Waals surface area (Å²) >= 11 is 0. The van der Waals surface area contributed by atoms with E-state index in [1.54, 1.807) is 11.0 Å². The molecule has 0 atom stereocenters. The smallest absolute Gasteiger partial charge is 0.258 e. The third-order valence-electron chi connectivity index (χ3n) is 4.18. The number of nitrogens with one attached hydrogen (secondary N) is 1. The van der Waals surface area contributed by atoms with Crippen LogP contribution < -0.4 is 10.1 Å². The van der Waals surface area contributed by atoms with E-state index in [-0.39, 0.29) is 17.9 Å². The van der Waals surface area contributed by atoms with Crippen molar-refractivity contribution in [2.75, 3.05) is 6.61 Å². The van der Waals surface area contributed by atoms with Gasteiger partial charge in [-0.3, -0.25) is 4.79 Å². The predicted octanol–water partition coefficient (Wildman–Crippen LogP) is 3.26. The lowest BCUT2D eigenvalue weighted by Gasteiger charge is -2.19. The summed E-state index contributed by atoms with van der Waals surface area (Å²) in [4.78, 5) is 16.0. The van der Waals surface area contributed by atoms with E-state index in [4.69, 9.17) is 4.74 Å². The zero-order valence-corrected chi connectivity index (χ0v) is 15.8. The third kappa shape index (κ3) is 5.17. The van der Waals surface area contributed by atoms with Gasteiger partial charge in [-0.1, -0.05) is 45.0 Å². The fraction of sp³-hybridized carbons (Fsp3) is 0.286. The number of aromatic nitrogens is 3. The summed E-state index contributed by atoms with van der Waals surface area (Å²) in [6.07, 6.45) is 3.13. The number of carbonyl (C=O) groups is 1. The van der Waals surface area contributed by atoms with Gasteiger partial charge in [0.1, 0.15) is 18.4 Å². The molecule has 140 valence electrons. The van der Waals surface area contributed by atoms with Crippen molar-refractivity contribution in [2.24, 2.45) is 0 Å². The summed E-state index contributed by atoms with van der Waals surface area (Å²) in [5.41, 5.74) is 3.14. The van der Waals surface area contributed by atoms with Crippen molar-refractivity contribution in [2.45, 2.75) is 32.7 Å². The first kappa shape index (κ1) is 18.6. The van der Waals surface area contributed by atoms with Gasteiger partial charge in [0, 0.05) is 6.54 Å². The van der Waals surface area contributed by atoms with Crippen LogP contribution in [-0.2, 0) is 16.8 Å². The van der Waals surface area contributed by atoms with Crippen LogP contribution in [0.4, 0.5) is 0 Å². The van der Waals surface area contributed by atoms with E-state index in [1.165, 1.54) is 11.9 Å². The summed E-state index contributed by atoms with van der Waals surface area (Å²) in [5, 5.41) is 6.95. The third-order valence-corrected chi connectivity index (χ3v) is 4.18. The molecule has 1 N–H and O–H groups in total. The van der Waals surface area contributed by atoms with E-state index < -0.39 is 0 Å². The number of carbonyl (C=O) groups excluding carboxylic acids is 1. The summed E-state index contributed by atoms with van der Waals surface area (Å²) in [6, 6.07) is 15.6. The molecule has 3 aromatic rings. The van der Waals surface area contributed by atoms with Crippen LogP contribution in [0, 0.1) is 0 Å². The second kappa shape index (κ2) is 8.03. The Bertz CT molecular complexity index is 881. The standard InChI is InChI=1S/C21H24N4O2/c1-21(2,3)17-5-4-6-19(11-17)27-13-20(26)23-12-16-7-9-18(10-8-16)25-15-22-14-24-25/h4-11,14-15H,12-13H2,1-3H3,(H,23,26).